The summed E-state index contributed by atoms with van der Waals surface area (Å²) in [5.74, 6) is 0.384. The second-order valence-corrected chi connectivity index (χ2v) is 11.2. The highest BCUT2D eigenvalue weighted by Crippen LogP contribution is 2.83. The summed E-state index contributed by atoms with van der Waals surface area (Å²) in [4.78, 5) is 28.8. The third kappa shape index (κ3) is 1.94. The van der Waals surface area contributed by atoms with Crippen LogP contribution in [-0.4, -0.2) is 59.7 Å². The molecule has 1 N–H and O–H groups in total. The lowest BCUT2D eigenvalue weighted by Gasteiger charge is -2.73. The lowest BCUT2D eigenvalue weighted by Crippen LogP contribution is -2.81. The van der Waals surface area contributed by atoms with Crippen LogP contribution in [0, 0.1) is 23.2 Å². The van der Waals surface area contributed by atoms with Crippen LogP contribution >= 0.6 is 0 Å². The van der Waals surface area contributed by atoms with Crippen molar-refractivity contribution >= 4 is 11.8 Å². The predicted octanol–water partition coefficient (Wildman–Crippen LogP) is 2.25. The van der Waals surface area contributed by atoms with Crippen LogP contribution in [0.5, 0.6) is 5.75 Å². The zero-order chi connectivity index (χ0) is 22.0. The van der Waals surface area contributed by atoms with Gasteiger partial charge < -0.3 is 14.6 Å². The fourth-order valence-corrected chi connectivity index (χ4v) is 9.00. The van der Waals surface area contributed by atoms with Crippen LogP contribution in [0.2, 0.25) is 0 Å². The minimum Gasteiger partial charge on any atom is -0.497 e. The molecule has 0 aromatic heterocycles. The summed E-state index contributed by atoms with van der Waals surface area (Å²) < 4.78 is 10.8. The molecule has 32 heavy (non-hydrogen) atoms. The Bertz CT molecular complexity index is 1050. The van der Waals surface area contributed by atoms with Gasteiger partial charge in [0.25, 0.3) is 0 Å². The Morgan fingerprint density at radius 3 is 2.81 bits per heavy atom. The molecule has 4 saturated carbocycles. The lowest BCUT2D eigenvalue weighted by atomic mass is 9.41. The van der Waals surface area contributed by atoms with Crippen molar-refractivity contribution in [2.24, 2.45) is 23.2 Å². The van der Waals surface area contributed by atoms with E-state index in [1.165, 1.54) is 18.4 Å². The van der Waals surface area contributed by atoms with Crippen molar-refractivity contribution in [2.45, 2.75) is 68.5 Å². The highest BCUT2D eigenvalue weighted by molar-refractivity contribution is 6.01. The number of likely N-dealkylation sites (tertiary alicyclic amines) is 1. The molecule has 1 aliphatic heterocycles. The Hall–Kier alpha value is -1.92. The highest BCUT2D eigenvalue weighted by Gasteiger charge is 2.90. The quantitative estimate of drug-likeness (QED) is 0.563. The minimum absolute atomic E-state index is 0.0165. The molecular weight excluding hydrogens is 406 g/mol. The molecule has 2 bridgehead atoms. The number of carbonyl (C=O) groups excluding carboxylic acids is 2. The number of hydrogen-bond donors (Lipinski definition) is 1. The molecule has 170 valence electrons. The lowest BCUT2D eigenvalue weighted by molar-refractivity contribution is -0.244. The van der Waals surface area contributed by atoms with Crippen molar-refractivity contribution in [3.63, 3.8) is 0 Å². The Labute approximate surface area is 188 Å². The van der Waals surface area contributed by atoms with Crippen LogP contribution in [0.3, 0.4) is 0 Å². The van der Waals surface area contributed by atoms with Gasteiger partial charge in [-0.15, -0.1) is 0 Å². The molecular formula is C26H31NO5. The number of piperidine rings is 1. The summed E-state index contributed by atoms with van der Waals surface area (Å²) >= 11 is 0. The fourth-order valence-electron chi connectivity index (χ4n) is 9.00. The van der Waals surface area contributed by atoms with Gasteiger partial charge in [0.2, 0.25) is 0 Å². The minimum atomic E-state index is -1.11. The van der Waals surface area contributed by atoms with Gasteiger partial charge in [0.05, 0.1) is 19.3 Å². The van der Waals surface area contributed by atoms with Crippen LogP contribution < -0.4 is 4.74 Å². The first-order chi connectivity index (χ1) is 15.4. The first-order valence-corrected chi connectivity index (χ1v) is 12.3. The van der Waals surface area contributed by atoms with Gasteiger partial charge in [0.15, 0.2) is 0 Å². The second-order valence-electron chi connectivity index (χ2n) is 11.2. The first kappa shape index (κ1) is 19.5. The number of fused-ring (bicyclic) bond motifs is 2. The predicted molar refractivity (Wildman–Crippen MR) is 115 cm³/mol. The van der Waals surface area contributed by atoms with E-state index in [4.69, 9.17) is 9.47 Å². The van der Waals surface area contributed by atoms with Crippen molar-refractivity contribution in [2.75, 3.05) is 20.3 Å². The van der Waals surface area contributed by atoms with Crippen molar-refractivity contribution in [1.82, 2.24) is 4.90 Å². The van der Waals surface area contributed by atoms with E-state index in [9.17, 15) is 14.7 Å². The number of esters is 1. The maximum absolute atomic E-state index is 13.5. The van der Waals surface area contributed by atoms with Crippen molar-refractivity contribution in [1.29, 1.82) is 0 Å². The van der Waals surface area contributed by atoms with E-state index in [0.29, 0.717) is 6.04 Å². The van der Waals surface area contributed by atoms with Gasteiger partial charge in [-0.05, 0) is 74.1 Å². The van der Waals surface area contributed by atoms with Gasteiger partial charge in [-0.2, -0.15) is 0 Å². The normalized spacial score (nSPS) is 45.2. The number of Topliss-reactive ketones (excluding diaryl/α,β-unsaturated/α-hetero) is 1. The van der Waals surface area contributed by atoms with Crippen molar-refractivity contribution in [3.8, 4) is 5.75 Å². The Balaban J connectivity index is 1.40. The first-order valence-electron chi connectivity index (χ1n) is 12.3. The zero-order valence-electron chi connectivity index (χ0n) is 18.8. The van der Waals surface area contributed by atoms with Crippen LogP contribution in [0.15, 0.2) is 18.2 Å². The summed E-state index contributed by atoms with van der Waals surface area (Å²) in [7, 11) is 1.66. The van der Waals surface area contributed by atoms with E-state index in [1.807, 2.05) is 6.07 Å². The molecule has 6 heteroatoms. The van der Waals surface area contributed by atoms with Gasteiger partial charge in [-0.25, -0.2) is 0 Å². The number of nitrogens with zero attached hydrogens (tertiary/aromatic N) is 1. The molecule has 1 heterocycles. The molecule has 0 radical (unpaired) electrons. The van der Waals surface area contributed by atoms with Crippen molar-refractivity contribution in [3.05, 3.63) is 29.3 Å². The average molecular weight is 438 g/mol. The number of ether oxygens (including phenoxy) is 2. The molecule has 6 nitrogen and oxygen atoms in total. The van der Waals surface area contributed by atoms with Crippen molar-refractivity contribution < 1.29 is 24.2 Å². The van der Waals surface area contributed by atoms with E-state index in [0.717, 1.165) is 36.6 Å². The van der Waals surface area contributed by atoms with E-state index in [-0.39, 0.29) is 42.6 Å². The summed E-state index contributed by atoms with van der Waals surface area (Å²) in [6, 6.07) is 6.72. The molecule has 5 aliphatic carbocycles. The van der Waals surface area contributed by atoms with Crippen LogP contribution in [-0.2, 0) is 26.2 Å². The Kier molecular flexibility index (Phi) is 3.63. The molecule has 5 fully saturated rings. The maximum Gasteiger partial charge on any atom is 0.316 e. The largest absolute Gasteiger partial charge is 0.497 e. The molecule has 1 aromatic rings. The number of carbonyl (C=O) groups is 2. The molecule has 6 aliphatic rings. The number of aliphatic hydroxyl groups is 1. The average Bonchev–Trinajstić information content (AvgIpc) is 3.58. The van der Waals surface area contributed by atoms with Crippen LogP contribution in [0.1, 0.15) is 50.2 Å². The molecule has 1 saturated heterocycles. The third-order valence-electron chi connectivity index (χ3n) is 10.2. The zero-order valence-corrected chi connectivity index (χ0v) is 18.8. The summed E-state index contributed by atoms with van der Waals surface area (Å²) in [6.45, 7) is 3.05. The monoisotopic (exact) mass is 437 g/mol. The number of methoxy groups -OCH3 is 1. The van der Waals surface area contributed by atoms with Crippen LogP contribution in [0.4, 0.5) is 0 Å². The SMILES string of the molecule is CCOC(=O)[C@H]1C[C@@]2(O)[C@@H]3N(CC4CC4)C4CC5C43Cc3ccc(OC)cc3[C@]52CC1=O. The Morgan fingerprint density at radius 1 is 1.28 bits per heavy atom. The summed E-state index contributed by atoms with van der Waals surface area (Å²) in [5.41, 5.74) is 0.637. The molecule has 0 amide bonds. The molecule has 3 unspecified atom stereocenters. The van der Waals surface area contributed by atoms with Gasteiger partial charge >= 0.3 is 5.97 Å². The number of hydrogen-bond acceptors (Lipinski definition) is 6. The van der Waals surface area contributed by atoms with Gasteiger partial charge in [0, 0.05) is 35.9 Å². The second kappa shape index (κ2) is 5.95. The summed E-state index contributed by atoms with van der Waals surface area (Å²) in [6.07, 6.45) is 4.95. The maximum atomic E-state index is 13.5. The third-order valence-corrected chi connectivity index (χ3v) is 10.2. The smallest absolute Gasteiger partial charge is 0.316 e. The van der Waals surface area contributed by atoms with E-state index < -0.39 is 22.9 Å². The number of rotatable bonds is 5. The van der Waals surface area contributed by atoms with Gasteiger partial charge in [-0.1, -0.05) is 6.07 Å². The van der Waals surface area contributed by atoms with Gasteiger partial charge in [0.1, 0.15) is 17.5 Å². The fraction of sp³-hybridized carbons (Fsp3) is 0.692. The van der Waals surface area contributed by atoms with E-state index >= 15 is 0 Å². The van der Waals surface area contributed by atoms with E-state index in [2.05, 4.69) is 17.0 Å². The number of benzene rings is 1. The topological polar surface area (TPSA) is 76.1 Å². The standard InChI is InChI=1S/C26H31NO5/c1-3-32-22(29)17-11-26(30)23-24-10-15-6-7-16(31-2)8-18(15)25(26,12-19(17)28)20(24)9-21(24)27(23)13-14-4-5-14/h6-8,14,17,20-21,23,30H,3-5,9-13H2,1-2H3/t17-,20?,21?,23+,24?,25+,26+/m0/s1. The molecule has 7 atom stereocenters. The van der Waals surface area contributed by atoms with Crippen LogP contribution in [0.25, 0.3) is 0 Å². The molecule has 2 spiro atoms. The van der Waals surface area contributed by atoms with E-state index in [1.54, 1.807) is 14.0 Å². The summed E-state index contributed by atoms with van der Waals surface area (Å²) in [5, 5.41) is 12.7. The molecule has 7 rings (SSSR count). The molecule has 1 aromatic carbocycles. The number of ketones is 1. The van der Waals surface area contributed by atoms with Gasteiger partial charge in [-0.3, -0.25) is 14.5 Å². The highest BCUT2D eigenvalue weighted by atomic mass is 16.5. The Morgan fingerprint density at radius 2 is 2.09 bits per heavy atom.